The third kappa shape index (κ3) is 3.56. The predicted molar refractivity (Wildman–Crippen MR) is 95.3 cm³/mol. The quantitative estimate of drug-likeness (QED) is 0.619. The third-order valence-corrected chi connectivity index (χ3v) is 4.93. The number of hydrogen-bond acceptors (Lipinski definition) is 7. The lowest BCUT2D eigenvalue weighted by Crippen LogP contribution is -2.57. The maximum Gasteiger partial charge on any atom is 0.263 e. The Morgan fingerprint density at radius 3 is 2.69 bits per heavy atom. The van der Waals surface area contributed by atoms with Crippen LogP contribution >= 0.6 is 0 Å². The zero-order valence-corrected chi connectivity index (χ0v) is 15.2. The van der Waals surface area contributed by atoms with Gasteiger partial charge < -0.3 is 9.47 Å². The highest BCUT2D eigenvalue weighted by atomic mass is 16.5. The Hall–Kier alpha value is -2.45. The molecule has 0 aromatic carbocycles. The van der Waals surface area contributed by atoms with Crippen LogP contribution < -0.4 is 15.0 Å². The van der Waals surface area contributed by atoms with Gasteiger partial charge in [-0.3, -0.25) is 14.9 Å². The van der Waals surface area contributed by atoms with Gasteiger partial charge in [-0.15, -0.1) is 0 Å². The molecule has 3 heterocycles. The number of amides is 1. The Bertz CT molecular complexity index is 788. The molecule has 0 aliphatic carbocycles. The van der Waals surface area contributed by atoms with Crippen LogP contribution in [0.1, 0.15) is 26.7 Å². The summed E-state index contributed by atoms with van der Waals surface area (Å²) in [5.41, 5.74) is 1.57. The zero-order chi connectivity index (χ0) is 18.7. The Morgan fingerprint density at radius 1 is 1.31 bits per heavy atom. The summed E-state index contributed by atoms with van der Waals surface area (Å²) in [4.78, 5) is 22.5. The second-order valence-electron chi connectivity index (χ2n) is 6.84. The number of methoxy groups -OCH3 is 1. The number of hydroxylamine groups is 1. The molecule has 26 heavy (non-hydrogen) atoms. The van der Waals surface area contributed by atoms with Gasteiger partial charge in [-0.25, -0.2) is 10.5 Å². The number of fused-ring (bicyclic) bond motifs is 1. The highest BCUT2D eigenvalue weighted by Crippen LogP contribution is 2.29. The van der Waals surface area contributed by atoms with Crippen molar-refractivity contribution in [3.8, 4) is 11.6 Å². The van der Waals surface area contributed by atoms with Crippen LogP contribution in [0.5, 0.6) is 11.6 Å². The van der Waals surface area contributed by atoms with Crippen LogP contribution in [-0.2, 0) is 4.79 Å². The van der Waals surface area contributed by atoms with E-state index in [-0.39, 0.29) is 6.10 Å². The van der Waals surface area contributed by atoms with E-state index in [1.165, 1.54) is 0 Å². The van der Waals surface area contributed by atoms with Crippen molar-refractivity contribution in [3.05, 3.63) is 24.4 Å². The molecule has 1 fully saturated rings. The smallest absolute Gasteiger partial charge is 0.263 e. The summed E-state index contributed by atoms with van der Waals surface area (Å²) in [6.45, 7) is 5.02. The molecular weight excluding hydrogens is 336 g/mol. The topological polar surface area (TPSA) is 96.8 Å². The first-order chi connectivity index (χ1) is 12.5. The van der Waals surface area contributed by atoms with Gasteiger partial charge in [0.05, 0.1) is 18.0 Å². The second kappa shape index (κ2) is 7.43. The van der Waals surface area contributed by atoms with Crippen molar-refractivity contribution in [2.75, 3.05) is 20.2 Å². The first kappa shape index (κ1) is 18.3. The van der Waals surface area contributed by atoms with Crippen LogP contribution in [0.15, 0.2) is 24.4 Å². The molecule has 0 bridgehead atoms. The van der Waals surface area contributed by atoms with E-state index < -0.39 is 11.4 Å². The number of carbonyl (C=O) groups is 1. The molecule has 0 unspecified atom stereocenters. The molecule has 1 saturated heterocycles. The van der Waals surface area contributed by atoms with Gasteiger partial charge in [-0.1, -0.05) is 0 Å². The van der Waals surface area contributed by atoms with Crippen molar-refractivity contribution in [3.63, 3.8) is 0 Å². The highest BCUT2D eigenvalue weighted by Gasteiger charge is 2.37. The molecule has 1 amide bonds. The van der Waals surface area contributed by atoms with Gasteiger partial charge in [0.1, 0.15) is 11.9 Å². The van der Waals surface area contributed by atoms with E-state index in [1.807, 2.05) is 12.1 Å². The molecule has 1 aliphatic heterocycles. The zero-order valence-electron chi connectivity index (χ0n) is 15.2. The summed E-state index contributed by atoms with van der Waals surface area (Å²) >= 11 is 0. The maximum atomic E-state index is 11.8. The van der Waals surface area contributed by atoms with E-state index in [2.05, 4.69) is 14.9 Å². The second-order valence-corrected chi connectivity index (χ2v) is 6.84. The first-order valence-electron chi connectivity index (χ1n) is 8.61. The number of nitrogens with zero attached hydrogens (tertiary/aromatic N) is 3. The first-order valence-corrected chi connectivity index (χ1v) is 8.61. The third-order valence-electron chi connectivity index (χ3n) is 4.93. The molecule has 8 nitrogen and oxygen atoms in total. The summed E-state index contributed by atoms with van der Waals surface area (Å²) in [5.74, 6) is 0.854. The average Bonchev–Trinajstić information content (AvgIpc) is 2.67. The van der Waals surface area contributed by atoms with Crippen molar-refractivity contribution in [1.29, 1.82) is 0 Å². The number of ether oxygens (including phenoxy) is 2. The van der Waals surface area contributed by atoms with E-state index in [1.54, 1.807) is 38.7 Å². The van der Waals surface area contributed by atoms with Crippen LogP contribution in [0.3, 0.4) is 0 Å². The number of aromatic nitrogens is 2. The number of pyridine rings is 2. The molecule has 2 aromatic rings. The lowest BCUT2D eigenvalue weighted by molar-refractivity contribution is -0.141. The van der Waals surface area contributed by atoms with Crippen molar-refractivity contribution in [1.82, 2.24) is 20.3 Å². The molecule has 8 heteroatoms. The van der Waals surface area contributed by atoms with Gasteiger partial charge in [0.2, 0.25) is 5.88 Å². The molecule has 0 atom stereocenters. The number of likely N-dealkylation sites (tertiary alicyclic amines) is 1. The predicted octanol–water partition coefficient (Wildman–Crippen LogP) is 1.77. The van der Waals surface area contributed by atoms with Crippen molar-refractivity contribution in [2.45, 2.75) is 38.3 Å². The minimum Gasteiger partial charge on any atom is -0.490 e. The summed E-state index contributed by atoms with van der Waals surface area (Å²) in [5, 5.41) is 9.76. The molecule has 0 saturated carbocycles. The SMILES string of the molecule is COc1ccc2c(OC3CCN(C(C)(C)C(=O)NO)CC3)ccnc2n1. The maximum absolute atomic E-state index is 11.8. The number of hydrogen-bond donors (Lipinski definition) is 2. The fourth-order valence-corrected chi connectivity index (χ4v) is 3.20. The van der Waals surface area contributed by atoms with Crippen molar-refractivity contribution >= 4 is 16.9 Å². The molecule has 140 valence electrons. The van der Waals surface area contributed by atoms with Crippen LogP contribution in [0.25, 0.3) is 11.0 Å². The average molecular weight is 360 g/mol. The van der Waals surface area contributed by atoms with E-state index in [0.717, 1.165) is 24.0 Å². The molecule has 1 aliphatic rings. The molecule has 3 rings (SSSR count). The van der Waals surface area contributed by atoms with Gasteiger partial charge in [0, 0.05) is 25.4 Å². The van der Waals surface area contributed by atoms with Gasteiger partial charge in [-0.2, -0.15) is 4.98 Å². The Morgan fingerprint density at radius 2 is 2.04 bits per heavy atom. The largest absolute Gasteiger partial charge is 0.490 e. The monoisotopic (exact) mass is 360 g/mol. The number of nitrogens with one attached hydrogen (secondary N) is 1. The summed E-state index contributed by atoms with van der Waals surface area (Å²) < 4.78 is 11.3. The Balaban J connectivity index is 1.68. The van der Waals surface area contributed by atoms with Crippen LogP contribution in [0.4, 0.5) is 0 Å². The molecule has 2 N–H and O–H groups in total. The fraction of sp³-hybridized carbons (Fsp3) is 0.500. The summed E-state index contributed by atoms with van der Waals surface area (Å²) in [7, 11) is 1.57. The van der Waals surface area contributed by atoms with E-state index >= 15 is 0 Å². The van der Waals surface area contributed by atoms with Gasteiger partial charge in [0.15, 0.2) is 5.65 Å². The van der Waals surface area contributed by atoms with Gasteiger partial charge in [-0.05, 0) is 38.8 Å². The number of rotatable bonds is 5. The van der Waals surface area contributed by atoms with Crippen molar-refractivity contribution in [2.24, 2.45) is 0 Å². The standard InChI is InChI=1S/C18H24N4O4/c1-18(2,17(23)21-24)22-10-7-12(8-11-22)26-14-6-9-19-16-13(14)4-5-15(20-16)25-3/h4-6,9,12,24H,7-8,10-11H2,1-3H3,(H,21,23). The molecular formula is C18H24N4O4. The lowest BCUT2D eigenvalue weighted by atomic mass is 9.97. The van der Waals surface area contributed by atoms with Crippen LogP contribution in [-0.4, -0.2) is 57.8 Å². The lowest BCUT2D eigenvalue weighted by Gasteiger charge is -2.41. The van der Waals surface area contributed by atoms with E-state index in [9.17, 15) is 4.79 Å². The van der Waals surface area contributed by atoms with Crippen molar-refractivity contribution < 1.29 is 19.5 Å². The number of carbonyl (C=O) groups excluding carboxylic acids is 1. The van der Waals surface area contributed by atoms with Gasteiger partial charge in [0.25, 0.3) is 5.91 Å². The Kier molecular flexibility index (Phi) is 5.24. The summed E-state index contributed by atoms with van der Waals surface area (Å²) in [6, 6.07) is 5.52. The minimum atomic E-state index is -0.760. The van der Waals surface area contributed by atoms with E-state index in [4.69, 9.17) is 14.7 Å². The number of piperidine rings is 1. The van der Waals surface area contributed by atoms with Crippen LogP contribution in [0, 0.1) is 0 Å². The molecule has 0 radical (unpaired) electrons. The molecule has 2 aromatic heterocycles. The minimum absolute atomic E-state index is 0.0481. The van der Waals surface area contributed by atoms with E-state index in [0.29, 0.717) is 24.6 Å². The Labute approximate surface area is 152 Å². The normalized spacial score (nSPS) is 16.5. The van der Waals surface area contributed by atoms with Crippen LogP contribution in [0.2, 0.25) is 0 Å². The fourth-order valence-electron chi connectivity index (χ4n) is 3.20. The molecule has 0 spiro atoms. The van der Waals surface area contributed by atoms with Gasteiger partial charge >= 0.3 is 0 Å². The summed E-state index contributed by atoms with van der Waals surface area (Å²) in [6.07, 6.45) is 3.30. The highest BCUT2D eigenvalue weighted by molar-refractivity contribution is 5.84.